The van der Waals surface area contributed by atoms with Crippen LogP contribution in [0.2, 0.25) is 0 Å². The Morgan fingerprint density at radius 3 is 2.48 bits per heavy atom. The number of benzene rings is 2. The van der Waals surface area contributed by atoms with Crippen molar-refractivity contribution in [3.05, 3.63) is 87.9 Å². The van der Waals surface area contributed by atoms with Crippen molar-refractivity contribution in [2.24, 2.45) is 0 Å². The summed E-state index contributed by atoms with van der Waals surface area (Å²) in [6.45, 7) is 0. The first kappa shape index (κ1) is 14.6. The first-order chi connectivity index (χ1) is 11.1. The van der Waals surface area contributed by atoms with E-state index in [4.69, 9.17) is 4.42 Å². The molecule has 0 bridgehead atoms. The van der Waals surface area contributed by atoms with Gasteiger partial charge in [-0.1, -0.05) is 12.1 Å². The number of nitro groups is 1. The average Bonchev–Trinajstić information content (AvgIpc) is 3.08. The third kappa shape index (κ3) is 2.74. The van der Waals surface area contributed by atoms with E-state index in [0.717, 1.165) is 12.1 Å². The van der Waals surface area contributed by atoms with E-state index in [2.05, 4.69) is 0 Å². The standard InChI is InChI=1S/C17H10FNO4/c18-15-5-2-1-4-13(15)17(20)14-10-11(19(21)22)7-8-12(14)16-6-3-9-23-16/h1-10H. The first-order valence-electron chi connectivity index (χ1n) is 6.69. The molecule has 0 saturated carbocycles. The number of nitro benzene ring substituents is 1. The van der Waals surface area contributed by atoms with Gasteiger partial charge in [0.05, 0.1) is 16.7 Å². The number of carbonyl (C=O) groups is 1. The number of halogens is 1. The van der Waals surface area contributed by atoms with E-state index in [9.17, 15) is 19.3 Å². The van der Waals surface area contributed by atoms with Crippen molar-refractivity contribution in [3.63, 3.8) is 0 Å². The van der Waals surface area contributed by atoms with E-state index in [1.165, 1.54) is 36.6 Å². The molecule has 3 aromatic rings. The molecule has 0 aliphatic heterocycles. The maximum Gasteiger partial charge on any atom is 0.270 e. The minimum atomic E-state index is -0.686. The Bertz CT molecular complexity index is 887. The minimum absolute atomic E-state index is 0.0132. The average molecular weight is 311 g/mol. The van der Waals surface area contributed by atoms with E-state index in [-0.39, 0.29) is 16.8 Å². The van der Waals surface area contributed by atoms with E-state index in [1.54, 1.807) is 12.1 Å². The van der Waals surface area contributed by atoms with Crippen molar-refractivity contribution >= 4 is 11.5 Å². The number of carbonyl (C=O) groups excluding carboxylic acids is 1. The fourth-order valence-electron chi connectivity index (χ4n) is 2.27. The Balaban J connectivity index is 2.19. The summed E-state index contributed by atoms with van der Waals surface area (Å²) in [6.07, 6.45) is 1.42. The van der Waals surface area contributed by atoms with Crippen molar-refractivity contribution in [2.75, 3.05) is 0 Å². The zero-order chi connectivity index (χ0) is 16.4. The molecule has 0 unspecified atom stereocenters. The second-order valence-electron chi connectivity index (χ2n) is 4.77. The molecule has 1 heterocycles. The Kier molecular flexibility index (Phi) is 3.72. The molecule has 0 amide bonds. The monoisotopic (exact) mass is 311 g/mol. The van der Waals surface area contributed by atoms with Gasteiger partial charge in [-0.25, -0.2) is 4.39 Å². The van der Waals surface area contributed by atoms with Crippen molar-refractivity contribution in [1.82, 2.24) is 0 Å². The number of furan rings is 1. The van der Waals surface area contributed by atoms with Gasteiger partial charge in [0.2, 0.25) is 0 Å². The number of hydrogen-bond acceptors (Lipinski definition) is 4. The lowest BCUT2D eigenvalue weighted by molar-refractivity contribution is -0.384. The molecule has 0 atom stereocenters. The van der Waals surface area contributed by atoms with Crippen molar-refractivity contribution < 1.29 is 18.5 Å². The highest BCUT2D eigenvalue weighted by atomic mass is 19.1. The van der Waals surface area contributed by atoms with Crippen LogP contribution >= 0.6 is 0 Å². The predicted octanol–water partition coefficient (Wildman–Crippen LogP) is 4.22. The van der Waals surface area contributed by atoms with Gasteiger partial charge in [0.1, 0.15) is 11.6 Å². The van der Waals surface area contributed by atoms with Crippen molar-refractivity contribution in [2.45, 2.75) is 0 Å². The molecule has 2 aromatic carbocycles. The molecular formula is C17H10FNO4. The lowest BCUT2D eigenvalue weighted by Crippen LogP contribution is -2.06. The molecular weight excluding hydrogens is 301 g/mol. The molecule has 0 saturated heterocycles. The van der Waals surface area contributed by atoms with Crippen LogP contribution in [0.15, 0.2) is 65.3 Å². The summed E-state index contributed by atoms with van der Waals surface area (Å²) in [7, 11) is 0. The molecule has 114 valence electrons. The van der Waals surface area contributed by atoms with Gasteiger partial charge in [0.15, 0.2) is 5.78 Å². The highest BCUT2D eigenvalue weighted by Crippen LogP contribution is 2.30. The number of hydrogen-bond donors (Lipinski definition) is 0. The van der Waals surface area contributed by atoms with Crippen LogP contribution in [-0.2, 0) is 0 Å². The van der Waals surface area contributed by atoms with Crippen LogP contribution in [0.25, 0.3) is 11.3 Å². The summed E-state index contributed by atoms with van der Waals surface area (Å²) in [6, 6.07) is 12.6. The summed E-state index contributed by atoms with van der Waals surface area (Å²) in [5.74, 6) is -0.952. The highest BCUT2D eigenvalue weighted by Gasteiger charge is 2.22. The van der Waals surface area contributed by atoms with E-state index >= 15 is 0 Å². The maximum absolute atomic E-state index is 13.9. The molecule has 0 aliphatic rings. The molecule has 0 N–H and O–H groups in total. The Hall–Kier alpha value is -3.28. The Morgan fingerprint density at radius 2 is 1.83 bits per heavy atom. The number of rotatable bonds is 4. The summed E-state index contributed by atoms with van der Waals surface area (Å²) >= 11 is 0. The minimum Gasteiger partial charge on any atom is -0.464 e. The van der Waals surface area contributed by atoms with Crippen molar-refractivity contribution in [3.8, 4) is 11.3 Å². The summed E-state index contributed by atoms with van der Waals surface area (Å²) < 4.78 is 19.1. The highest BCUT2D eigenvalue weighted by molar-refractivity contribution is 6.13. The first-order valence-corrected chi connectivity index (χ1v) is 6.69. The van der Waals surface area contributed by atoms with E-state index in [1.807, 2.05) is 0 Å². The molecule has 0 radical (unpaired) electrons. The molecule has 3 rings (SSSR count). The van der Waals surface area contributed by atoms with Gasteiger partial charge in [-0.05, 0) is 30.3 Å². The fraction of sp³-hybridized carbons (Fsp3) is 0. The molecule has 5 nitrogen and oxygen atoms in total. The van der Waals surface area contributed by atoms with E-state index in [0.29, 0.717) is 11.3 Å². The van der Waals surface area contributed by atoms with E-state index < -0.39 is 16.5 Å². The van der Waals surface area contributed by atoms with Crippen LogP contribution in [0.1, 0.15) is 15.9 Å². The molecule has 0 fully saturated rings. The second kappa shape index (κ2) is 5.84. The van der Waals surface area contributed by atoms with Gasteiger partial charge in [-0.3, -0.25) is 14.9 Å². The molecule has 0 spiro atoms. The number of nitrogens with zero attached hydrogens (tertiary/aromatic N) is 1. The summed E-state index contributed by atoms with van der Waals surface area (Å²) in [5.41, 5.74) is -0.0195. The Morgan fingerprint density at radius 1 is 1.04 bits per heavy atom. The lowest BCUT2D eigenvalue weighted by Gasteiger charge is -2.07. The lowest BCUT2D eigenvalue weighted by atomic mass is 9.96. The Labute approximate surface area is 130 Å². The van der Waals surface area contributed by atoms with Gasteiger partial charge < -0.3 is 4.42 Å². The van der Waals surface area contributed by atoms with Gasteiger partial charge in [-0.15, -0.1) is 0 Å². The van der Waals surface area contributed by atoms with Crippen molar-refractivity contribution in [1.29, 1.82) is 0 Å². The third-order valence-electron chi connectivity index (χ3n) is 3.36. The van der Waals surface area contributed by atoms with Crippen LogP contribution in [0.4, 0.5) is 10.1 Å². The van der Waals surface area contributed by atoms with Gasteiger partial charge >= 0.3 is 0 Å². The fourth-order valence-corrected chi connectivity index (χ4v) is 2.27. The molecule has 1 aromatic heterocycles. The third-order valence-corrected chi connectivity index (χ3v) is 3.36. The molecule has 0 aliphatic carbocycles. The summed E-state index contributed by atoms with van der Waals surface area (Å²) in [5, 5.41) is 11.0. The smallest absolute Gasteiger partial charge is 0.270 e. The molecule has 6 heteroatoms. The van der Waals surface area contributed by atoms with Gasteiger partial charge in [0.25, 0.3) is 5.69 Å². The SMILES string of the molecule is O=C(c1ccccc1F)c1cc([N+](=O)[O-])ccc1-c1ccco1. The number of non-ortho nitro benzene ring substituents is 1. The second-order valence-corrected chi connectivity index (χ2v) is 4.77. The van der Waals surface area contributed by atoms with Crippen LogP contribution in [0, 0.1) is 15.9 Å². The number of ketones is 1. The van der Waals surface area contributed by atoms with Crippen LogP contribution in [0.3, 0.4) is 0 Å². The summed E-state index contributed by atoms with van der Waals surface area (Å²) in [4.78, 5) is 23.0. The molecule has 23 heavy (non-hydrogen) atoms. The van der Waals surface area contributed by atoms with Crippen LogP contribution in [-0.4, -0.2) is 10.7 Å². The predicted molar refractivity (Wildman–Crippen MR) is 80.6 cm³/mol. The largest absolute Gasteiger partial charge is 0.464 e. The van der Waals surface area contributed by atoms with Crippen LogP contribution < -0.4 is 0 Å². The van der Waals surface area contributed by atoms with Gasteiger partial charge in [0, 0.05) is 23.3 Å². The quantitative estimate of drug-likeness (QED) is 0.410. The zero-order valence-corrected chi connectivity index (χ0v) is 11.7. The van der Waals surface area contributed by atoms with Gasteiger partial charge in [-0.2, -0.15) is 0 Å². The maximum atomic E-state index is 13.9. The van der Waals surface area contributed by atoms with Crippen LogP contribution in [0.5, 0.6) is 0 Å². The normalized spacial score (nSPS) is 10.5. The zero-order valence-electron chi connectivity index (χ0n) is 11.7. The topological polar surface area (TPSA) is 73.3 Å².